The molecule has 0 bridgehead atoms. The van der Waals surface area contributed by atoms with Crippen LogP contribution in [0.5, 0.6) is 0 Å². The number of furan rings is 1. The van der Waals surface area contributed by atoms with E-state index in [1.54, 1.807) is 6.26 Å². The van der Waals surface area contributed by atoms with Crippen LogP contribution in [-0.2, 0) is 0 Å². The van der Waals surface area contributed by atoms with Gasteiger partial charge in [0.2, 0.25) is 5.95 Å². The molecule has 0 amide bonds. The van der Waals surface area contributed by atoms with Gasteiger partial charge < -0.3 is 15.5 Å². The second-order valence-electron chi connectivity index (χ2n) is 6.12. The lowest BCUT2D eigenvalue weighted by Gasteiger charge is -2.24. The zero-order chi connectivity index (χ0) is 15.6. The van der Waals surface area contributed by atoms with Crippen molar-refractivity contribution in [1.82, 2.24) is 9.97 Å². The molecular weight excluding hydrogens is 288 g/mol. The van der Waals surface area contributed by atoms with Gasteiger partial charge in [-0.15, -0.1) is 0 Å². The minimum atomic E-state index is 0.307. The van der Waals surface area contributed by atoms with Crippen molar-refractivity contribution in [3.63, 3.8) is 0 Å². The molecule has 2 heterocycles. The predicted molar refractivity (Wildman–Crippen MR) is 92.1 cm³/mol. The number of hydrogen-bond donors (Lipinski definition) is 2. The van der Waals surface area contributed by atoms with Gasteiger partial charge in [-0.3, -0.25) is 0 Å². The first kappa shape index (κ1) is 14.1. The van der Waals surface area contributed by atoms with Crippen LogP contribution in [0, 0.1) is 0 Å². The number of fused-ring (bicyclic) bond motifs is 1. The summed E-state index contributed by atoms with van der Waals surface area (Å²) in [4.78, 5) is 8.79. The fourth-order valence-corrected chi connectivity index (χ4v) is 3.29. The molecule has 3 N–H and O–H groups in total. The lowest BCUT2D eigenvalue weighted by molar-refractivity contribution is 0.462. The molecule has 23 heavy (non-hydrogen) atoms. The molecule has 0 aliphatic heterocycles. The Labute approximate surface area is 134 Å². The number of nitrogen functional groups attached to an aromatic ring is 1. The number of aromatic nitrogens is 2. The Bertz CT molecular complexity index is 807. The van der Waals surface area contributed by atoms with Crippen molar-refractivity contribution in [2.45, 2.75) is 38.1 Å². The van der Waals surface area contributed by atoms with E-state index in [1.165, 1.54) is 32.1 Å². The van der Waals surface area contributed by atoms with E-state index in [9.17, 15) is 0 Å². The summed E-state index contributed by atoms with van der Waals surface area (Å²) in [6.07, 6.45) is 7.92. The lowest BCUT2D eigenvalue weighted by atomic mass is 9.95. The molecule has 0 spiro atoms. The van der Waals surface area contributed by atoms with Crippen molar-refractivity contribution in [2.75, 3.05) is 11.1 Å². The quantitative estimate of drug-likeness (QED) is 0.757. The molecule has 0 unspecified atom stereocenters. The van der Waals surface area contributed by atoms with Gasteiger partial charge in [-0.1, -0.05) is 19.3 Å². The van der Waals surface area contributed by atoms with Crippen LogP contribution in [0.15, 0.2) is 41.0 Å². The highest BCUT2D eigenvalue weighted by Crippen LogP contribution is 2.30. The summed E-state index contributed by atoms with van der Waals surface area (Å²) < 4.78 is 5.50. The third-order valence-corrected chi connectivity index (χ3v) is 4.46. The molecule has 2 aromatic heterocycles. The standard InChI is InChI=1S/C18H20N4O/c19-18-21-15-9-8-12(16-7-4-10-23-16)11-14(15)17(22-18)20-13-5-2-1-3-6-13/h4,7-11,13H,1-3,5-6H2,(H3,19,20,21,22). The molecule has 0 atom stereocenters. The molecule has 1 aromatic carbocycles. The van der Waals surface area contributed by atoms with Crippen LogP contribution in [0.3, 0.4) is 0 Å². The molecule has 1 saturated carbocycles. The Morgan fingerprint density at radius 1 is 1.09 bits per heavy atom. The molecule has 1 aliphatic carbocycles. The van der Waals surface area contributed by atoms with Crippen LogP contribution in [0.4, 0.5) is 11.8 Å². The molecule has 3 aromatic rings. The number of nitrogens with two attached hydrogens (primary N) is 1. The van der Waals surface area contributed by atoms with Gasteiger partial charge in [-0.2, -0.15) is 4.98 Å². The number of anilines is 2. The highest BCUT2D eigenvalue weighted by atomic mass is 16.3. The highest BCUT2D eigenvalue weighted by molar-refractivity contribution is 5.93. The van der Waals surface area contributed by atoms with E-state index in [2.05, 4.69) is 21.4 Å². The van der Waals surface area contributed by atoms with Crippen molar-refractivity contribution in [2.24, 2.45) is 0 Å². The fourth-order valence-electron chi connectivity index (χ4n) is 3.29. The van der Waals surface area contributed by atoms with Gasteiger partial charge in [0.1, 0.15) is 11.6 Å². The number of benzene rings is 1. The summed E-state index contributed by atoms with van der Waals surface area (Å²) >= 11 is 0. The average Bonchev–Trinajstić information content (AvgIpc) is 3.10. The number of nitrogens with one attached hydrogen (secondary N) is 1. The van der Waals surface area contributed by atoms with E-state index < -0.39 is 0 Å². The average molecular weight is 308 g/mol. The Hall–Kier alpha value is -2.56. The van der Waals surface area contributed by atoms with Gasteiger partial charge >= 0.3 is 0 Å². The van der Waals surface area contributed by atoms with E-state index in [0.717, 1.165) is 28.0 Å². The summed E-state index contributed by atoms with van der Waals surface area (Å²) in [5.74, 6) is 1.97. The smallest absolute Gasteiger partial charge is 0.222 e. The van der Waals surface area contributed by atoms with Crippen molar-refractivity contribution < 1.29 is 4.42 Å². The van der Waals surface area contributed by atoms with Crippen LogP contribution in [0.25, 0.3) is 22.2 Å². The highest BCUT2D eigenvalue weighted by Gasteiger charge is 2.16. The van der Waals surface area contributed by atoms with Crippen LogP contribution >= 0.6 is 0 Å². The number of nitrogens with zero attached hydrogens (tertiary/aromatic N) is 2. The molecule has 1 fully saturated rings. The van der Waals surface area contributed by atoms with E-state index in [-0.39, 0.29) is 0 Å². The van der Waals surface area contributed by atoms with Crippen LogP contribution < -0.4 is 11.1 Å². The first-order valence-electron chi connectivity index (χ1n) is 8.17. The topological polar surface area (TPSA) is 77.0 Å². The molecule has 1 aliphatic rings. The SMILES string of the molecule is Nc1nc(NC2CCCCC2)c2cc(-c3ccco3)ccc2n1. The molecule has 0 radical (unpaired) electrons. The van der Waals surface area contributed by atoms with E-state index in [4.69, 9.17) is 10.2 Å². The third kappa shape index (κ3) is 2.86. The normalized spacial score (nSPS) is 15.8. The number of rotatable bonds is 3. The summed E-state index contributed by atoms with van der Waals surface area (Å²) in [6.45, 7) is 0. The zero-order valence-corrected chi connectivity index (χ0v) is 13.0. The Balaban J connectivity index is 1.76. The first-order chi connectivity index (χ1) is 11.3. The molecule has 4 rings (SSSR count). The monoisotopic (exact) mass is 308 g/mol. The summed E-state index contributed by atoms with van der Waals surface area (Å²) in [7, 11) is 0. The maximum Gasteiger partial charge on any atom is 0.222 e. The van der Waals surface area contributed by atoms with Gasteiger partial charge in [0.15, 0.2) is 0 Å². The Morgan fingerprint density at radius 3 is 2.74 bits per heavy atom. The fraction of sp³-hybridized carbons (Fsp3) is 0.333. The summed E-state index contributed by atoms with van der Waals surface area (Å²) in [5.41, 5.74) is 7.75. The van der Waals surface area contributed by atoms with Crippen LogP contribution in [0.1, 0.15) is 32.1 Å². The van der Waals surface area contributed by atoms with Crippen molar-refractivity contribution in [1.29, 1.82) is 0 Å². The summed E-state index contributed by atoms with van der Waals surface area (Å²) in [6, 6.07) is 10.3. The van der Waals surface area contributed by atoms with Crippen LogP contribution in [0.2, 0.25) is 0 Å². The zero-order valence-electron chi connectivity index (χ0n) is 13.0. The molecule has 118 valence electrons. The van der Waals surface area contributed by atoms with E-state index >= 15 is 0 Å². The second kappa shape index (κ2) is 5.91. The minimum absolute atomic E-state index is 0.307. The second-order valence-corrected chi connectivity index (χ2v) is 6.12. The predicted octanol–water partition coefficient (Wildman–Crippen LogP) is 4.22. The Kier molecular flexibility index (Phi) is 3.61. The largest absolute Gasteiger partial charge is 0.464 e. The van der Waals surface area contributed by atoms with Gasteiger partial charge in [0.25, 0.3) is 0 Å². The van der Waals surface area contributed by atoms with Crippen molar-refractivity contribution in [3.05, 3.63) is 36.6 Å². The molecule has 0 saturated heterocycles. The van der Waals surface area contributed by atoms with Crippen molar-refractivity contribution in [3.8, 4) is 11.3 Å². The molecule has 5 heteroatoms. The lowest BCUT2D eigenvalue weighted by Crippen LogP contribution is -2.23. The number of hydrogen-bond acceptors (Lipinski definition) is 5. The summed E-state index contributed by atoms with van der Waals surface area (Å²) in [5, 5.41) is 4.56. The minimum Gasteiger partial charge on any atom is -0.464 e. The van der Waals surface area contributed by atoms with Crippen LogP contribution in [-0.4, -0.2) is 16.0 Å². The van der Waals surface area contributed by atoms with Gasteiger partial charge in [-0.25, -0.2) is 4.98 Å². The third-order valence-electron chi connectivity index (χ3n) is 4.46. The molecular formula is C18H20N4O. The van der Waals surface area contributed by atoms with Crippen molar-refractivity contribution >= 4 is 22.7 Å². The van der Waals surface area contributed by atoms with E-state index in [1.807, 2.05) is 24.3 Å². The van der Waals surface area contributed by atoms with E-state index in [0.29, 0.717) is 12.0 Å². The first-order valence-corrected chi connectivity index (χ1v) is 8.17. The van der Waals surface area contributed by atoms with Gasteiger partial charge in [-0.05, 0) is 43.2 Å². The Morgan fingerprint density at radius 2 is 1.96 bits per heavy atom. The molecule has 5 nitrogen and oxygen atoms in total. The van der Waals surface area contributed by atoms with Gasteiger partial charge in [0.05, 0.1) is 11.8 Å². The maximum absolute atomic E-state index is 5.88. The maximum atomic E-state index is 5.88. The van der Waals surface area contributed by atoms with Gasteiger partial charge in [0, 0.05) is 17.0 Å².